The molecule has 0 aliphatic carbocycles. The van der Waals surface area contributed by atoms with Crippen LogP contribution in [-0.4, -0.2) is 4.57 Å². The maximum Gasteiger partial charge on any atom is 0.262 e. The molecule has 5 rings (SSSR count). The molecule has 2 heterocycles. The van der Waals surface area contributed by atoms with E-state index >= 15 is 0 Å². The maximum atomic E-state index is 13.5. The summed E-state index contributed by atoms with van der Waals surface area (Å²) in [4.78, 5) is 13.5. The fourth-order valence-corrected chi connectivity index (χ4v) is 4.11. The van der Waals surface area contributed by atoms with Gasteiger partial charge in [-0.05, 0) is 41.3 Å². The zero-order valence-corrected chi connectivity index (χ0v) is 17.8. The van der Waals surface area contributed by atoms with Gasteiger partial charge in [-0.15, -0.1) is 0 Å². The number of nitrogens with zero attached hydrogens (tertiary/aromatic N) is 1. The summed E-state index contributed by atoms with van der Waals surface area (Å²) in [7, 11) is 1.81. The predicted molar refractivity (Wildman–Crippen MR) is 128 cm³/mol. The number of hydrogen-bond donors (Lipinski definition) is 1. The molecule has 0 unspecified atom stereocenters. The number of aromatic nitrogens is 1. The number of nitrogens with one attached hydrogen (secondary N) is 1. The van der Waals surface area contributed by atoms with Crippen LogP contribution in [-0.2, 0) is 7.05 Å². The van der Waals surface area contributed by atoms with E-state index in [1.807, 2.05) is 61.6 Å². The smallest absolute Gasteiger partial charge is 0.262 e. The maximum absolute atomic E-state index is 13.5. The number of benzene rings is 3. The van der Waals surface area contributed by atoms with Crippen molar-refractivity contribution in [1.82, 2.24) is 4.57 Å². The standard InChI is InChI=1S/C27H24N2O2/c1-17(2)18-13-15-19(16-14-18)23-24-25(31-26(23)28-20-9-5-4-6-10-20)21-11-7-8-12-22(21)29(3)27(24)30/h4-17,28H,1-3H3. The van der Waals surface area contributed by atoms with E-state index < -0.39 is 0 Å². The lowest BCUT2D eigenvalue weighted by Gasteiger charge is -2.09. The molecule has 2 aromatic heterocycles. The van der Waals surface area contributed by atoms with Gasteiger partial charge in [0.1, 0.15) is 0 Å². The first kappa shape index (κ1) is 19.2. The molecular weight excluding hydrogens is 384 g/mol. The Morgan fingerprint density at radius 2 is 1.55 bits per heavy atom. The molecule has 0 saturated heterocycles. The monoisotopic (exact) mass is 408 g/mol. The Morgan fingerprint density at radius 1 is 0.871 bits per heavy atom. The number of hydrogen-bond acceptors (Lipinski definition) is 3. The van der Waals surface area contributed by atoms with Gasteiger partial charge in [0.05, 0.1) is 16.5 Å². The molecule has 5 aromatic rings. The van der Waals surface area contributed by atoms with Crippen LogP contribution in [0.2, 0.25) is 0 Å². The van der Waals surface area contributed by atoms with Gasteiger partial charge < -0.3 is 14.3 Å². The van der Waals surface area contributed by atoms with Crippen molar-refractivity contribution < 1.29 is 4.42 Å². The first-order valence-corrected chi connectivity index (χ1v) is 10.5. The molecule has 0 fully saturated rings. The van der Waals surface area contributed by atoms with E-state index in [0.717, 1.165) is 27.7 Å². The third kappa shape index (κ3) is 3.21. The number of aryl methyl sites for hydroxylation is 1. The molecular formula is C27H24N2O2. The lowest BCUT2D eigenvalue weighted by molar-refractivity contribution is 0.638. The van der Waals surface area contributed by atoms with Crippen molar-refractivity contribution in [3.63, 3.8) is 0 Å². The van der Waals surface area contributed by atoms with Gasteiger partial charge in [0.15, 0.2) is 5.58 Å². The van der Waals surface area contributed by atoms with Crippen molar-refractivity contribution in [2.45, 2.75) is 19.8 Å². The lowest BCUT2D eigenvalue weighted by Crippen LogP contribution is -2.17. The van der Waals surface area contributed by atoms with Gasteiger partial charge in [-0.2, -0.15) is 0 Å². The molecule has 0 bridgehead atoms. The molecule has 0 amide bonds. The topological polar surface area (TPSA) is 47.2 Å². The first-order chi connectivity index (χ1) is 15.0. The molecule has 3 aromatic carbocycles. The summed E-state index contributed by atoms with van der Waals surface area (Å²) in [6, 6.07) is 26.1. The molecule has 0 spiro atoms. The second kappa shape index (κ2) is 7.47. The van der Waals surface area contributed by atoms with Crippen LogP contribution in [0.3, 0.4) is 0 Å². The zero-order chi connectivity index (χ0) is 21.5. The molecule has 31 heavy (non-hydrogen) atoms. The Hall–Kier alpha value is -3.79. The SMILES string of the molecule is CC(C)c1ccc(-c2c(Nc3ccccc3)oc3c2c(=O)n(C)c2ccccc32)cc1. The highest BCUT2D eigenvalue weighted by atomic mass is 16.4. The second-order valence-electron chi connectivity index (χ2n) is 8.16. The number of fused-ring (bicyclic) bond motifs is 3. The van der Waals surface area contributed by atoms with Gasteiger partial charge in [0.2, 0.25) is 5.88 Å². The van der Waals surface area contributed by atoms with Crippen molar-refractivity contribution in [3.8, 4) is 11.1 Å². The van der Waals surface area contributed by atoms with E-state index in [1.165, 1.54) is 5.56 Å². The summed E-state index contributed by atoms with van der Waals surface area (Å²) in [6.45, 7) is 4.35. The number of para-hydroxylation sites is 2. The predicted octanol–water partition coefficient (Wildman–Crippen LogP) is 6.82. The number of rotatable bonds is 4. The molecule has 0 aliphatic heterocycles. The van der Waals surface area contributed by atoms with Gasteiger partial charge in [0, 0.05) is 18.1 Å². The molecule has 4 nitrogen and oxygen atoms in total. The summed E-state index contributed by atoms with van der Waals surface area (Å²) in [6.07, 6.45) is 0. The third-order valence-corrected chi connectivity index (χ3v) is 5.83. The fraction of sp³-hybridized carbons (Fsp3) is 0.148. The van der Waals surface area contributed by atoms with E-state index in [0.29, 0.717) is 22.8 Å². The van der Waals surface area contributed by atoms with Crippen LogP contribution >= 0.6 is 0 Å². The first-order valence-electron chi connectivity index (χ1n) is 10.5. The third-order valence-electron chi connectivity index (χ3n) is 5.83. The van der Waals surface area contributed by atoms with Crippen LogP contribution in [0.25, 0.3) is 33.0 Å². The molecule has 1 N–H and O–H groups in total. The van der Waals surface area contributed by atoms with Gasteiger partial charge in [-0.3, -0.25) is 4.79 Å². The normalized spacial score (nSPS) is 11.5. The van der Waals surface area contributed by atoms with E-state index in [1.54, 1.807) is 4.57 Å². The lowest BCUT2D eigenvalue weighted by atomic mass is 9.98. The van der Waals surface area contributed by atoms with E-state index in [-0.39, 0.29) is 5.56 Å². The second-order valence-corrected chi connectivity index (χ2v) is 8.16. The zero-order valence-electron chi connectivity index (χ0n) is 17.8. The van der Waals surface area contributed by atoms with Crippen LogP contribution in [0.5, 0.6) is 0 Å². The van der Waals surface area contributed by atoms with Gasteiger partial charge >= 0.3 is 0 Å². The highest BCUT2D eigenvalue weighted by Crippen LogP contribution is 2.41. The molecule has 0 radical (unpaired) electrons. The number of furan rings is 1. The van der Waals surface area contributed by atoms with Crippen molar-refractivity contribution in [3.05, 3.63) is 94.8 Å². The molecule has 0 aliphatic rings. The van der Waals surface area contributed by atoms with Crippen LogP contribution in [0, 0.1) is 0 Å². The molecule has 0 atom stereocenters. The Bertz CT molecular complexity index is 1440. The summed E-state index contributed by atoms with van der Waals surface area (Å²) in [5.74, 6) is 1.01. The number of anilines is 2. The molecule has 0 saturated carbocycles. The Kier molecular flexibility index (Phi) is 4.63. The molecule has 154 valence electrons. The molecule has 4 heteroatoms. The van der Waals surface area contributed by atoms with Crippen molar-refractivity contribution >= 4 is 33.4 Å². The van der Waals surface area contributed by atoms with E-state index in [9.17, 15) is 4.79 Å². The summed E-state index contributed by atoms with van der Waals surface area (Å²) in [5.41, 5.74) is 5.30. The van der Waals surface area contributed by atoms with Crippen LogP contribution in [0.15, 0.2) is 88.1 Å². The Morgan fingerprint density at radius 3 is 2.26 bits per heavy atom. The number of pyridine rings is 1. The van der Waals surface area contributed by atoms with Crippen molar-refractivity contribution in [2.24, 2.45) is 7.05 Å². The fourth-order valence-electron chi connectivity index (χ4n) is 4.11. The summed E-state index contributed by atoms with van der Waals surface area (Å²) >= 11 is 0. The average molecular weight is 409 g/mol. The van der Waals surface area contributed by atoms with Gasteiger partial charge in [-0.1, -0.05) is 68.4 Å². The largest absolute Gasteiger partial charge is 0.439 e. The highest BCUT2D eigenvalue weighted by Gasteiger charge is 2.22. The summed E-state index contributed by atoms with van der Waals surface area (Å²) < 4.78 is 8.06. The van der Waals surface area contributed by atoms with Gasteiger partial charge in [-0.25, -0.2) is 0 Å². The van der Waals surface area contributed by atoms with Crippen molar-refractivity contribution in [1.29, 1.82) is 0 Å². The summed E-state index contributed by atoms with van der Waals surface area (Å²) in [5, 5.41) is 4.91. The highest BCUT2D eigenvalue weighted by molar-refractivity contribution is 6.11. The minimum absolute atomic E-state index is 0.0681. The van der Waals surface area contributed by atoms with Crippen LogP contribution in [0.4, 0.5) is 11.6 Å². The Labute approximate surface area is 180 Å². The van der Waals surface area contributed by atoms with E-state index in [4.69, 9.17) is 4.42 Å². The minimum atomic E-state index is -0.0681. The average Bonchev–Trinajstić information content (AvgIpc) is 3.17. The van der Waals surface area contributed by atoms with Crippen LogP contribution < -0.4 is 10.9 Å². The van der Waals surface area contributed by atoms with Gasteiger partial charge in [0.25, 0.3) is 5.56 Å². The van der Waals surface area contributed by atoms with Crippen LogP contribution in [0.1, 0.15) is 25.3 Å². The Balaban J connectivity index is 1.84. The quantitative estimate of drug-likeness (QED) is 0.355. The minimum Gasteiger partial charge on any atom is -0.439 e. The van der Waals surface area contributed by atoms with Crippen molar-refractivity contribution in [2.75, 3.05) is 5.32 Å². The van der Waals surface area contributed by atoms with E-state index in [2.05, 4.69) is 43.4 Å².